The van der Waals surface area contributed by atoms with Gasteiger partial charge in [0.25, 0.3) is 0 Å². The first-order valence-corrected chi connectivity index (χ1v) is 8.26. The Kier molecular flexibility index (Phi) is 5.18. The third-order valence-electron chi connectivity index (χ3n) is 4.04. The van der Waals surface area contributed by atoms with E-state index in [-0.39, 0.29) is 12.0 Å². The molecule has 130 valence electrons. The second-order valence-electron chi connectivity index (χ2n) is 5.86. The van der Waals surface area contributed by atoms with Gasteiger partial charge < -0.3 is 19.9 Å². The lowest BCUT2D eigenvalue weighted by atomic mass is 10.2. The first kappa shape index (κ1) is 16.8. The average molecular weight is 339 g/mol. The van der Waals surface area contributed by atoms with E-state index in [1.54, 1.807) is 29.2 Å². The lowest BCUT2D eigenvalue weighted by Crippen LogP contribution is -2.50. The van der Waals surface area contributed by atoms with E-state index in [9.17, 15) is 9.59 Å². The van der Waals surface area contributed by atoms with E-state index in [0.29, 0.717) is 24.5 Å². The summed E-state index contributed by atoms with van der Waals surface area (Å²) in [5, 5.41) is 2.86. The summed E-state index contributed by atoms with van der Waals surface area (Å²) in [6.45, 7) is 4.25. The van der Waals surface area contributed by atoms with Gasteiger partial charge in [0.2, 0.25) is 0 Å². The number of urea groups is 1. The van der Waals surface area contributed by atoms with E-state index in [2.05, 4.69) is 22.3 Å². The van der Waals surface area contributed by atoms with Crippen molar-refractivity contribution < 1.29 is 14.3 Å². The molecule has 0 aromatic heterocycles. The third kappa shape index (κ3) is 4.50. The van der Waals surface area contributed by atoms with Crippen LogP contribution in [0.15, 0.2) is 54.6 Å². The highest BCUT2D eigenvalue weighted by Crippen LogP contribution is 2.19. The SMILES string of the molecule is CC(=O)Oc1cccc(NC(=O)N2CCN(c3ccccc3)CC2)c1. The number of anilines is 2. The van der Waals surface area contributed by atoms with Gasteiger partial charge >= 0.3 is 12.0 Å². The van der Waals surface area contributed by atoms with E-state index in [0.717, 1.165) is 13.1 Å². The number of piperazine rings is 1. The highest BCUT2D eigenvalue weighted by Gasteiger charge is 2.21. The van der Waals surface area contributed by atoms with Gasteiger partial charge in [-0.2, -0.15) is 0 Å². The van der Waals surface area contributed by atoms with E-state index in [1.807, 2.05) is 18.2 Å². The molecule has 0 unspecified atom stereocenters. The van der Waals surface area contributed by atoms with Crippen LogP contribution in [0.1, 0.15) is 6.92 Å². The zero-order chi connectivity index (χ0) is 17.6. The van der Waals surface area contributed by atoms with Crippen molar-refractivity contribution in [1.29, 1.82) is 0 Å². The van der Waals surface area contributed by atoms with Crippen molar-refractivity contribution in [1.82, 2.24) is 4.90 Å². The van der Waals surface area contributed by atoms with Crippen LogP contribution in [0.5, 0.6) is 5.75 Å². The molecular weight excluding hydrogens is 318 g/mol. The fourth-order valence-electron chi connectivity index (χ4n) is 2.81. The summed E-state index contributed by atoms with van der Waals surface area (Å²) in [5.74, 6) is 0.0275. The number of esters is 1. The maximum Gasteiger partial charge on any atom is 0.321 e. The summed E-state index contributed by atoms with van der Waals surface area (Å²) in [6.07, 6.45) is 0. The van der Waals surface area contributed by atoms with Crippen LogP contribution in [-0.2, 0) is 4.79 Å². The summed E-state index contributed by atoms with van der Waals surface area (Å²) in [4.78, 5) is 27.5. The number of hydrogen-bond donors (Lipinski definition) is 1. The fourth-order valence-corrected chi connectivity index (χ4v) is 2.81. The van der Waals surface area contributed by atoms with Gasteiger partial charge in [-0.05, 0) is 24.3 Å². The molecule has 3 rings (SSSR count). The molecule has 1 aliphatic rings. The molecule has 1 saturated heterocycles. The molecule has 1 fully saturated rings. The van der Waals surface area contributed by atoms with Crippen molar-refractivity contribution >= 4 is 23.4 Å². The Morgan fingerprint density at radius 2 is 1.68 bits per heavy atom. The number of benzene rings is 2. The molecule has 6 nitrogen and oxygen atoms in total. The monoisotopic (exact) mass is 339 g/mol. The first-order chi connectivity index (χ1) is 12.1. The Bertz CT molecular complexity index is 741. The van der Waals surface area contributed by atoms with E-state index in [4.69, 9.17) is 4.74 Å². The number of nitrogens with one attached hydrogen (secondary N) is 1. The minimum absolute atomic E-state index is 0.146. The maximum absolute atomic E-state index is 12.4. The second-order valence-corrected chi connectivity index (χ2v) is 5.86. The number of hydrogen-bond acceptors (Lipinski definition) is 4. The van der Waals surface area contributed by atoms with Crippen LogP contribution in [0, 0.1) is 0 Å². The Balaban J connectivity index is 1.55. The minimum Gasteiger partial charge on any atom is -0.427 e. The van der Waals surface area contributed by atoms with Crippen molar-refractivity contribution in [2.45, 2.75) is 6.92 Å². The molecule has 1 N–H and O–H groups in total. The van der Waals surface area contributed by atoms with Crippen molar-refractivity contribution in [3.8, 4) is 5.75 Å². The Labute approximate surface area is 147 Å². The molecule has 2 aromatic carbocycles. The van der Waals surface area contributed by atoms with E-state index >= 15 is 0 Å². The van der Waals surface area contributed by atoms with Crippen molar-refractivity contribution in [3.63, 3.8) is 0 Å². The molecule has 0 radical (unpaired) electrons. The van der Waals surface area contributed by atoms with Gasteiger partial charge in [0.15, 0.2) is 0 Å². The van der Waals surface area contributed by atoms with Crippen LogP contribution in [0.3, 0.4) is 0 Å². The van der Waals surface area contributed by atoms with Crippen LogP contribution in [-0.4, -0.2) is 43.1 Å². The van der Waals surface area contributed by atoms with Gasteiger partial charge in [0.1, 0.15) is 5.75 Å². The number of para-hydroxylation sites is 1. The quantitative estimate of drug-likeness (QED) is 0.690. The Hall–Kier alpha value is -3.02. The largest absolute Gasteiger partial charge is 0.427 e. The Morgan fingerprint density at radius 3 is 2.36 bits per heavy atom. The molecule has 1 aliphatic heterocycles. The van der Waals surface area contributed by atoms with Crippen LogP contribution >= 0.6 is 0 Å². The second kappa shape index (κ2) is 7.70. The van der Waals surface area contributed by atoms with Crippen molar-refractivity contribution in [2.24, 2.45) is 0 Å². The molecule has 0 bridgehead atoms. The summed E-state index contributed by atoms with van der Waals surface area (Å²) in [5.41, 5.74) is 1.78. The van der Waals surface area contributed by atoms with Gasteiger partial charge in [-0.25, -0.2) is 4.79 Å². The van der Waals surface area contributed by atoms with Crippen LogP contribution < -0.4 is 15.0 Å². The lowest BCUT2D eigenvalue weighted by Gasteiger charge is -2.36. The summed E-state index contributed by atoms with van der Waals surface area (Å²) < 4.78 is 5.03. The molecule has 1 heterocycles. The number of nitrogens with zero attached hydrogens (tertiary/aromatic N) is 2. The maximum atomic E-state index is 12.4. The number of carbonyl (C=O) groups excluding carboxylic acids is 2. The van der Waals surface area contributed by atoms with Gasteiger partial charge in [-0.15, -0.1) is 0 Å². The van der Waals surface area contributed by atoms with Crippen molar-refractivity contribution in [2.75, 3.05) is 36.4 Å². The zero-order valence-corrected chi connectivity index (χ0v) is 14.1. The minimum atomic E-state index is -0.388. The fraction of sp³-hybridized carbons (Fsp3) is 0.263. The van der Waals surface area contributed by atoms with Gasteiger partial charge in [0.05, 0.1) is 0 Å². The Morgan fingerprint density at radius 1 is 0.960 bits per heavy atom. The molecule has 2 amide bonds. The van der Waals surface area contributed by atoms with E-state index in [1.165, 1.54) is 12.6 Å². The molecule has 0 spiro atoms. The highest BCUT2D eigenvalue weighted by atomic mass is 16.5. The zero-order valence-electron chi connectivity index (χ0n) is 14.1. The molecule has 2 aromatic rings. The molecule has 0 saturated carbocycles. The van der Waals surface area contributed by atoms with Gasteiger partial charge in [0, 0.05) is 50.5 Å². The molecular formula is C19H21N3O3. The lowest BCUT2D eigenvalue weighted by molar-refractivity contribution is -0.131. The molecule has 25 heavy (non-hydrogen) atoms. The van der Waals surface area contributed by atoms with Crippen LogP contribution in [0.4, 0.5) is 16.2 Å². The molecule has 0 atom stereocenters. The highest BCUT2D eigenvalue weighted by molar-refractivity contribution is 5.89. The summed E-state index contributed by atoms with van der Waals surface area (Å²) in [6, 6.07) is 16.9. The number of rotatable bonds is 3. The summed E-state index contributed by atoms with van der Waals surface area (Å²) >= 11 is 0. The number of carbonyl (C=O) groups is 2. The average Bonchev–Trinajstić information content (AvgIpc) is 2.62. The smallest absolute Gasteiger partial charge is 0.321 e. The summed E-state index contributed by atoms with van der Waals surface area (Å²) in [7, 11) is 0. The molecule has 0 aliphatic carbocycles. The van der Waals surface area contributed by atoms with Gasteiger partial charge in [-0.1, -0.05) is 24.3 Å². The van der Waals surface area contributed by atoms with Crippen molar-refractivity contribution in [3.05, 3.63) is 54.6 Å². The van der Waals surface area contributed by atoms with Crippen LogP contribution in [0.25, 0.3) is 0 Å². The normalized spacial score (nSPS) is 14.1. The van der Waals surface area contributed by atoms with Gasteiger partial charge in [-0.3, -0.25) is 4.79 Å². The van der Waals surface area contributed by atoms with E-state index < -0.39 is 0 Å². The number of ether oxygens (including phenoxy) is 1. The predicted molar refractivity (Wildman–Crippen MR) is 97.0 cm³/mol. The first-order valence-electron chi connectivity index (χ1n) is 8.26. The predicted octanol–water partition coefficient (Wildman–Crippen LogP) is 2.97. The molecule has 6 heteroatoms. The van der Waals surface area contributed by atoms with Crippen LogP contribution in [0.2, 0.25) is 0 Å². The third-order valence-corrected chi connectivity index (χ3v) is 4.04. The number of amides is 2. The topological polar surface area (TPSA) is 61.9 Å². The standard InChI is InChI=1S/C19H21N3O3/c1-15(23)25-18-9-5-6-16(14-18)20-19(24)22-12-10-21(11-13-22)17-7-3-2-4-8-17/h2-9,14H,10-13H2,1H3,(H,20,24).